The lowest BCUT2D eigenvalue weighted by atomic mass is 10.0. The number of nitrogens with one attached hydrogen (secondary N) is 2. The topological polar surface area (TPSA) is 122 Å². The van der Waals surface area contributed by atoms with E-state index in [0.29, 0.717) is 17.0 Å². The number of H-pyrrole nitrogens is 1. The summed E-state index contributed by atoms with van der Waals surface area (Å²) in [6.07, 6.45) is 6.32. The summed E-state index contributed by atoms with van der Waals surface area (Å²) in [7, 11) is -4.45. The van der Waals surface area contributed by atoms with Crippen LogP contribution in [0.4, 0.5) is 18.9 Å². The number of anilines is 1. The molecule has 4 heterocycles. The van der Waals surface area contributed by atoms with Gasteiger partial charge in [-0.3, -0.25) is 13.9 Å². The maximum atomic E-state index is 15.5. The fraction of sp³-hybridized carbons (Fsp3) is 0.0370. The van der Waals surface area contributed by atoms with Crippen LogP contribution < -0.4 is 4.72 Å². The molecule has 0 spiro atoms. The molecule has 0 amide bonds. The van der Waals surface area contributed by atoms with Crippen molar-refractivity contribution in [2.24, 2.45) is 0 Å². The highest BCUT2D eigenvalue weighted by Gasteiger charge is 2.27. The summed E-state index contributed by atoms with van der Waals surface area (Å²) in [4.78, 5) is 28.9. The number of fused-ring (bicyclic) bond motifs is 2. The Morgan fingerprint density at radius 3 is 2.67 bits per heavy atom. The number of pyridine rings is 1. The van der Waals surface area contributed by atoms with Crippen molar-refractivity contribution in [3.8, 4) is 11.3 Å². The second kappa shape index (κ2) is 9.31. The Labute approximate surface area is 224 Å². The van der Waals surface area contributed by atoms with Gasteiger partial charge in [0, 0.05) is 47.0 Å². The summed E-state index contributed by atoms with van der Waals surface area (Å²) < 4.78 is 72.9. The SMILES string of the molecule is Cc1ccn2cc(-c3cnc4[nH]cc(C(=O)c5c(F)ccc(NS(=O)(=O)c6cccc(F)c6)c5F)c4c3)nc2n1. The fourth-order valence-electron chi connectivity index (χ4n) is 4.24. The second-order valence-electron chi connectivity index (χ2n) is 8.90. The van der Waals surface area contributed by atoms with E-state index in [-0.39, 0.29) is 16.6 Å². The number of halogens is 3. The number of hydrogen-bond acceptors (Lipinski definition) is 6. The van der Waals surface area contributed by atoms with Gasteiger partial charge in [-0.1, -0.05) is 6.07 Å². The highest BCUT2D eigenvalue weighted by Crippen LogP contribution is 2.30. The first-order valence-corrected chi connectivity index (χ1v) is 13.2. The molecule has 0 aliphatic heterocycles. The number of nitrogens with zero attached hydrogens (tertiary/aromatic N) is 4. The summed E-state index contributed by atoms with van der Waals surface area (Å²) in [5.41, 5.74) is 0.359. The number of benzene rings is 2. The van der Waals surface area contributed by atoms with Crippen molar-refractivity contribution in [1.29, 1.82) is 0 Å². The van der Waals surface area contributed by atoms with Crippen LogP contribution in [0.3, 0.4) is 0 Å². The summed E-state index contributed by atoms with van der Waals surface area (Å²) in [6, 6.07) is 9.09. The molecule has 6 rings (SSSR count). The Hall–Kier alpha value is -5.04. The van der Waals surface area contributed by atoms with Gasteiger partial charge in [-0.2, -0.15) is 0 Å². The molecular formula is C27H17F3N6O3S. The molecule has 13 heteroatoms. The Morgan fingerprint density at radius 1 is 1.05 bits per heavy atom. The number of carbonyl (C=O) groups is 1. The molecule has 0 aliphatic rings. The first kappa shape index (κ1) is 25.2. The molecule has 9 nitrogen and oxygen atoms in total. The van der Waals surface area contributed by atoms with E-state index in [1.54, 1.807) is 22.9 Å². The number of aryl methyl sites for hydroxylation is 1. The van der Waals surface area contributed by atoms with Gasteiger partial charge in [-0.05, 0) is 49.4 Å². The van der Waals surface area contributed by atoms with E-state index in [0.717, 1.165) is 36.0 Å². The summed E-state index contributed by atoms with van der Waals surface area (Å²) in [6.45, 7) is 1.83. The van der Waals surface area contributed by atoms with Gasteiger partial charge in [0.1, 0.15) is 17.3 Å². The molecule has 0 saturated heterocycles. The maximum Gasteiger partial charge on any atom is 0.262 e. The summed E-state index contributed by atoms with van der Waals surface area (Å²) >= 11 is 0. The van der Waals surface area contributed by atoms with E-state index in [1.165, 1.54) is 18.5 Å². The van der Waals surface area contributed by atoms with Crippen LogP contribution in [0.5, 0.6) is 0 Å². The first-order chi connectivity index (χ1) is 19.1. The number of sulfonamides is 1. The van der Waals surface area contributed by atoms with Gasteiger partial charge in [-0.15, -0.1) is 0 Å². The first-order valence-electron chi connectivity index (χ1n) is 11.7. The maximum absolute atomic E-state index is 15.5. The van der Waals surface area contributed by atoms with Gasteiger partial charge in [0.25, 0.3) is 10.0 Å². The molecule has 200 valence electrons. The van der Waals surface area contributed by atoms with Crippen molar-refractivity contribution in [1.82, 2.24) is 24.3 Å². The zero-order valence-electron chi connectivity index (χ0n) is 20.5. The predicted octanol–water partition coefficient (Wildman–Crippen LogP) is 5.03. The Bertz CT molecular complexity index is 2090. The molecule has 0 fully saturated rings. The molecule has 2 aromatic carbocycles. The van der Waals surface area contributed by atoms with Crippen LogP contribution in [0.15, 0.2) is 78.2 Å². The van der Waals surface area contributed by atoms with Crippen molar-refractivity contribution in [3.63, 3.8) is 0 Å². The molecule has 0 saturated carbocycles. The van der Waals surface area contributed by atoms with Crippen LogP contribution in [-0.4, -0.2) is 38.5 Å². The van der Waals surface area contributed by atoms with Crippen LogP contribution in [0.25, 0.3) is 28.1 Å². The van der Waals surface area contributed by atoms with Gasteiger partial charge < -0.3 is 4.98 Å². The van der Waals surface area contributed by atoms with Crippen LogP contribution in [0, 0.1) is 24.4 Å². The Morgan fingerprint density at radius 2 is 1.88 bits per heavy atom. The minimum Gasteiger partial charge on any atom is -0.345 e. The van der Waals surface area contributed by atoms with Crippen molar-refractivity contribution in [3.05, 3.63) is 108 Å². The monoisotopic (exact) mass is 562 g/mol. The Balaban J connectivity index is 1.39. The third kappa shape index (κ3) is 4.35. The molecule has 0 atom stereocenters. The number of ketones is 1. The number of imidazole rings is 1. The number of rotatable bonds is 6. The largest absolute Gasteiger partial charge is 0.345 e. The van der Waals surface area contributed by atoms with Gasteiger partial charge in [0.15, 0.2) is 5.82 Å². The summed E-state index contributed by atoms with van der Waals surface area (Å²) in [5, 5.41) is 0.272. The highest BCUT2D eigenvalue weighted by molar-refractivity contribution is 7.92. The van der Waals surface area contributed by atoms with Crippen LogP contribution >= 0.6 is 0 Å². The minimum atomic E-state index is -4.45. The van der Waals surface area contributed by atoms with Crippen molar-refractivity contribution < 1.29 is 26.4 Å². The lowest BCUT2D eigenvalue weighted by Crippen LogP contribution is -2.16. The fourth-order valence-corrected chi connectivity index (χ4v) is 5.33. The zero-order valence-corrected chi connectivity index (χ0v) is 21.3. The van der Waals surface area contributed by atoms with Crippen molar-refractivity contribution >= 4 is 38.3 Å². The van der Waals surface area contributed by atoms with E-state index < -0.39 is 49.4 Å². The number of aromatic amines is 1. The molecule has 2 N–H and O–H groups in total. The summed E-state index contributed by atoms with van der Waals surface area (Å²) in [5.74, 6) is -4.02. The smallest absolute Gasteiger partial charge is 0.262 e. The minimum absolute atomic E-state index is 0.0926. The molecular weight excluding hydrogens is 545 g/mol. The molecule has 0 bridgehead atoms. The van der Waals surface area contributed by atoms with Gasteiger partial charge in [0.2, 0.25) is 11.6 Å². The third-order valence-electron chi connectivity index (χ3n) is 6.21. The van der Waals surface area contributed by atoms with Crippen LogP contribution in [0.1, 0.15) is 21.6 Å². The number of hydrogen-bond donors (Lipinski definition) is 2. The van der Waals surface area contributed by atoms with Crippen molar-refractivity contribution in [2.75, 3.05) is 4.72 Å². The van der Waals surface area contributed by atoms with E-state index in [2.05, 4.69) is 19.9 Å². The van der Waals surface area contributed by atoms with Crippen molar-refractivity contribution in [2.45, 2.75) is 11.8 Å². The van der Waals surface area contributed by atoms with E-state index in [9.17, 15) is 22.0 Å². The average Bonchev–Trinajstić information content (AvgIpc) is 3.54. The molecule has 0 aliphatic carbocycles. The molecule has 4 aromatic heterocycles. The Kier molecular flexibility index (Phi) is 5.88. The third-order valence-corrected chi connectivity index (χ3v) is 7.57. The van der Waals surface area contributed by atoms with Gasteiger partial charge >= 0.3 is 0 Å². The predicted molar refractivity (Wildman–Crippen MR) is 140 cm³/mol. The quantitative estimate of drug-likeness (QED) is 0.275. The van der Waals surface area contributed by atoms with E-state index in [1.807, 2.05) is 17.7 Å². The second-order valence-corrected chi connectivity index (χ2v) is 10.6. The molecule has 6 aromatic rings. The van der Waals surface area contributed by atoms with E-state index >= 15 is 4.39 Å². The number of aromatic nitrogens is 5. The van der Waals surface area contributed by atoms with Crippen LogP contribution in [-0.2, 0) is 10.0 Å². The standard InChI is InChI=1S/C27H17F3N6O3S/c1-14-7-8-36-13-22(34-27(36)33-14)15-9-18-19(12-32-26(18)31-11-15)25(37)23-20(29)5-6-21(24(23)30)35-40(38,39)17-4-2-3-16(28)10-17/h2-13,35H,1H3,(H,31,32). The molecule has 0 unspecified atom stereocenters. The zero-order chi connectivity index (χ0) is 28.2. The lowest BCUT2D eigenvalue weighted by Gasteiger charge is -2.12. The lowest BCUT2D eigenvalue weighted by molar-refractivity contribution is 0.103. The normalized spacial score (nSPS) is 11.8. The molecule has 0 radical (unpaired) electrons. The number of carbonyl (C=O) groups excluding carboxylic acids is 1. The van der Waals surface area contributed by atoms with Gasteiger partial charge in [0.05, 0.1) is 21.8 Å². The average molecular weight is 563 g/mol. The van der Waals surface area contributed by atoms with E-state index in [4.69, 9.17) is 0 Å². The highest BCUT2D eigenvalue weighted by atomic mass is 32.2. The van der Waals surface area contributed by atoms with Gasteiger partial charge in [-0.25, -0.2) is 36.5 Å². The molecule has 40 heavy (non-hydrogen) atoms. The van der Waals surface area contributed by atoms with Crippen LogP contribution in [0.2, 0.25) is 0 Å².